The molecule has 0 saturated carbocycles. The van der Waals surface area contributed by atoms with Gasteiger partial charge in [0.05, 0.1) is 13.2 Å². The molecular weight excluding hydrogens is 374 g/mol. The first-order valence-corrected chi connectivity index (χ1v) is 10.2. The highest BCUT2D eigenvalue weighted by Crippen LogP contribution is 2.41. The van der Waals surface area contributed by atoms with Crippen LogP contribution >= 0.6 is 11.3 Å². The van der Waals surface area contributed by atoms with Crippen LogP contribution in [-0.4, -0.2) is 44.3 Å². The smallest absolute Gasteiger partial charge is 0.248 e. The van der Waals surface area contributed by atoms with Gasteiger partial charge in [-0.15, -0.1) is 11.3 Å². The number of hydrogen-bond donors (Lipinski definition) is 0. The molecular formula is C22H23NO4S. The van der Waals surface area contributed by atoms with Crippen molar-refractivity contribution >= 4 is 27.3 Å². The Morgan fingerprint density at radius 3 is 2.96 bits per heavy atom. The summed E-state index contributed by atoms with van der Waals surface area (Å²) in [5, 5.41) is 3.39. The Morgan fingerprint density at radius 1 is 1.29 bits per heavy atom. The van der Waals surface area contributed by atoms with Crippen molar-refractivity contribution in [3.05, 3.63) is 47.3 Å². The number of ether oxygens (including phenoxy) is 3. The number of methoxy groups -OCH3 is 1. The van der Waals surface area contributed by atoms with Gasteiger partial charge in [-0.3, -0.25) is 4.79 Å². The SMILES string of the molecule is CCOc1cc(-c2csc3ccccc23)cc2c1OCCN(C(=O)COC)C2. The van der Waals surface area contributed by atoms with Crippen molar-refractivity contribution in [1.82, 2.24) is 4.90 Å². The maximum Gasteiger partial charge on any atom is 0.248 e. The Labute approximate surface area is 168 Å². The first-order valence-electron chi connectivity index (χ1n) is 9.37. The highest BCUT2D eigenvalue weighted by molar-refractivity contribution is 7.17. The van der Waals surface area contributed by atoms with Crippen molar-refractivity contribution in [3.8, 4) is 22.6 Å². The summed E-state index contributed by atoms with van der Waals surface area (Å²) in [5.41, 5.74) is 3.20. The van der Waals surface area contributed by atoms with Crippen LogP contribution in [0.1, 0.15) is 12.5 Å². The van der Waals surface area contributed by atoms with Crippen molar-refractivity contribution in [3.63, 3.8) is 0 Å². The second-order valence-electron chi connectivity index (χ2n) is 6.64. The lowest BCUT2D eigenvalue weighted by Crippen LogP contribution is -2.34. The van der Waals surface area contributed by atoms with Crippen molar-refractivity contribution in [2.45, 2.75) is 13.5 Å². The zero-order valence-electron chi connectivity index (χ0n) is 16.1. The summed E-state index contributed by atoms with van der Waals surface area (Å²) in [5.74, 6) is 1.42. The summed E-state index contributed by atoms with van der Waals surface area (Å²) in [4.78, 5) is 14.2. The van der Waals surface area contributed by atoms with Gasteiger partial charge in [0.1, 0.15) is 13.2 Å². The second kappa shape index (κ2) is 8.20. The van der Waals surface area contributed by atoms with Crippen LogP contribution in [0.5, 0.6) is 11.5 Å². The van der Waals surface area contributed by atoms with Gasteiger partial charge in [-0.1, -0.05) is 18.2 Å². The fourth-order valence-electron chi connectivity index (χ4n) is 3.53. The summed E-state index contributed by atoms with van der Waals surface area (Å²) in [6, 6.07) is 12.5. The molecule has 2 heterocycles. The van der Waals surface area contributed by atoms with Gasteiger partial charge in [0.25, 0.3) is 0 Å². The number of nitrogens with zero attached hydrogens (tertiary/aromatic N) is 1. The van der Waals surface area contributed by atoms with Crippen molar-refractivity contribution in [2.75, 3.05) is 33.5 Å². The standard InChI is InChI=1S/C22H23NO4S/c1-3-26-19-11-15(18-14-28-20-7-5-4-6-17(18)20)10-16-12-23(21(24)13-25-2)8-9-27-22(16)19/h4-7,10-11,14H,3,8-9,12-13H2,1-2H3. The van der Waals surface area contributed by atoms with Crippen molar-refractivity contribution in [1.29, 1.82) is 0 Å². The van der Waals surface area contributed by atoms with Gasteiger partial charge < -0.3 is 19.1 Å². The Balaban J connectivity index is 1.79. The average Bonchev–Trinajstić information content (AvgIpc) is 3.00. The predicted molar refractivity (Wildman–Crippen MR) is 111 cm³/mol. The zero-order valence-corrected chi connectivity index (χ0v) is 16.9. The van der Waals surface area contributed by atoms with Gasteiger partial charge in [-0.25, -0.2) is 0 Å². The first-order chi connectivity index (χ1) is 13.7. The molecule has 1 amide bonds. The number of carbonyl (C=O) groups excluding carboxylic acids is 1. The predicted octanol–water partition coefficient (Wildman–Crippen LogP) is 4.33. The fourth-order valence-corrected chi connectivity index (χ4v) is 4.50. The second-order valence-corrected chi connectivity index (χ2v) is 7.55. The molecule has 5 nitrogen and oxygen atoms in total. The molecule has 0 atom stereocenters. The van der Waals surface area contributed by atoms with Crippen LogP contribution in [0, 0.1) is 0 Å². The molecule has 146 valence electrons. The quantitative estimate of drug-likeness (QED) is 0.643. The normalized spacial score (nSPS) is 13.7. The Kier molecular flexibility index (Phi) is 5.50. The third-order valence-corrected chi connectivity index (χ3v) is 5.78. The van der Waals surface area contributed by atoms with E-state index in [1.165, 1.54) is 22.8 Å². The van der Waals surface area contributed by atoms with E-state index in [4.69, 9.17) is 14.2 Å². The number of benzene rings is 2. The molecule has 0 saturated heterocycles. The minimum Gasteiger partial charge on any atom is -0.490 e. The van der Waals surface area contributed by atoms with Crippen molar-refractivity contribution < 1.29 is 19.0 Å². The molecule has 1 aliphatic heterocycles. The van der Waals surface area contributed by atoms with Gasteiger partial charge in [0.15, 0.2) is 11.5 Å². The number of fused-ring (bicyclic) bond motifs is 2. The molecule has 0 N–H and O–H groups in total. The molecule has 0 unspecified atom stereocenters. The summed E-state index contributed by atoms with van der Waals surface area (Å²) in [6.45, 7) is 4.03. The maximum absolute atomic E-state index is 12.4. The molecule has 3 aromatic rings. The molecule has 1 aromatic heterocycles. The van der Waals surface area contributed by atoms with E-state index >= 15 is 0 Å². The summed E-state index contributed by atoms with van der Waals surface area (Å²) in [7, 11) is 1.53. The lowest BCUT2D eigenvalue weighted by Gasteiger charge is -2.20. The Bertz CT molecular complexity index is 997. The molecule has 4 rings (SSSR count). The number of amides is 1. The number of thiophene rings is 1. The zero-order chi connectivity index (χ0) is 19.5. The van der Waals surface area contributed by atoms with Crippen LogP contribution in [0.15, 0.2) is 41.8 Å². The number of hydrogen-bond acceptors (Lipinski definition) is 5. The molecule has 2 aromatic carbocycles. The molecule has 6 heteroatoms. The van der Waals surface area contributed by atoms with E-state index < -0.39 is 0 Å². The summed E-state index contributed by atoms with van der Waals surface area (Å²) in [6.07, 6.45) is 0. The van der Waals surface area contributed by atoms with Crippen molar-refractivity contribution in [2.24, 2.45) is 0 Å². The average molecular weight is 397 g/mol. The largest absolute Gasteiger partial charge is 0.490 e. The Hall–Kier alpha value is -2.57. The summed E-state index contributed by atoms with van der Waals surface area (Å²) < 4.78 is 18.2. The molecule has 0 radical (unpaired) electrons. The van der Waals surface area contributed by atoms with E-state index in [9.17, 15) is 4.79 Å². The molecule has 0 spiro atoms. The molecule has 0 aliphatic carbocycles. The van der Waals surface area contributed by atoms with E-state index in [0.29, 0.717) is 26.3 Å². The topological polar surface area (TPSA) is 48.0 Å². The highest BCUT2D eigenvalue weighted by Gasteiger charge is 2.24. The third-order valence-electron chi connectivity index (χ3n) is 4.81. The van der Waals surface area contributed by atoms with Gasteiger partial charge >= 0.3 is 0 Å². The number of rotatable bonds is 5. The van der Waals surface area contributed by atoms with Gasteiger partial charge in [0, 0.05) is 34.9 Å². The van der Waals surface area contributed by atoms with Gasteiger partial charge in [-0.05, 0) is 36.1 Å². The van der Waals surface area contributed by atoms with Crippen LogP contribution < -0.4 is 9.47 Å². The molecule has 1 aliphatic rings. The maximum atomic E-state index is 12.4. The minimum atomic E-state index is -0.0386. The van der Waals surface area contributed by atoms with E-state index in [0.717, 1.165) is 22.6 Å². The lowest BCUT2D eigenvalue weighted by molar-refractivity contribution is -0.135. The first kappa shape index (κ1) is 18.8. The van der Waals surface area contributed by atoms with Crippen LogP contribution in [0.4, 0.5) is 0 Å². The van der Waals surface area contributed by atoms with Gasteiger partial charge in [0.2, 0.25) is 5.91 Å². The van der Waals surface area contributed by atoms with Crippen LogP contribution in [-0.2, 0) is 16.1 Å². The van der Waals surface area contributed by atoms with E-state index in [-0.39, 0.29) is 12.5 Å². The minimum absolute atomic E-state index is 0.0386. The van der Waals surface area contributed by atoms with E-state index in [1.54, 1.807) is 16.2 Å². The lowest BCUT2D eigenvalue weighted by atomic mass is 10.0. The summed E-state index contributed by atoms with van der Waals surface area (Å²) >= 11 is 1.73. The fraction of sp³-hybridized carbons (Fsp3) is 0.318. The number of carbonyl (C=O) groups is 1. The van der Waals surface area contributed by atoms with Gasteiger partial charge in [-0.2, -0.15) is 0 Å². The molecule has 0 bridgehead atoms. The molecule has 28 heavy (non-hydrogen) atoms. The monoisotopic (exact) mass is 397 g/mol. The van der Waals surface area contributed by atoms with E-state index in [1.807, 2.05) is 13.0 Å². The van der Waals surface area contributed by atoms with Crippen LogP contribution in [0.25, 0.3) is 21.2 Å². The van der Waals surface area contributed by atoms with E-state index in [2.05, 4.69) is 35.7 Å². The van der Waals surface area contributed by atoms with Crippen LogP contribution in [0.3, 0.4) is 0 Å². The highest BCUT2D eigenvalue weighted by atomic mass is 32.1. The third kappa shape index (κ3) is 3.57. The molecule has 0 fully saturated rings. The van der Waals surface area contributed by atoms with Crippen LogP contribution in [0.2, 0.25) is 0 Å². The Morgan fingerprint density at radius 2 is 2.14 bits per heavy atom.